The molecule has 0 N–H and O–H groups in total. The van der Waals surface area contributed by atoms with E-state index in [1.165, 1.54) is 6.92 Å². The average Bonchev–Trinajstić information content (AvgIpc) is 1.68. The number of rotatable bonds is 2. The van der Waals surface area contributed by atoms with Crippen molar-refractivity contribution in [1.82, 2.24) is 0 Å². The third-order valence-corrected chi connectivity index (χ3v) is 2.89. The molecule has 0 unspecified atom stereocenters. The van der Waals surface area contributed by atoms with Gasteiger partial charge in [0.1, 0.15) is 0 Å². The first-order chi connectivity index (χ1) is 3.12. The molecule has 3 nitrogen and oxygen atoms in total. The van der Waals surface area contributed by atoms with Crippen LogP contribution in [-0.2, 0) is 14.0 Å². The Balaban J connectivity index is 4.17. The van der Waals surface area contributed by atoms with Crippen LogP contribution in [0.25, 0.3) is 0 Å². The zero-order valence-electron chi connectivity index (χ0n) is 3.79. The van der Waals surface area contributed by atoms with Gasteiger partial charge in [-0.05, 0) is 0 Å². The van der Waals surface area contributed by atoms with Crippen molar-refractivity contribution in [2.75, 3.05) is 5.75 Å². The molecule has 0 aliphatic rings. The van der Waals surface area contributed by atoms with Gasteiger partial charge in [-0.2, -0.15) is 0 Å². The summed E-state index contributed by atoms with van der Waals surface area (Å²) >= 11 is 0. The van der Waals surface area contributed by atoms with E-state index in [2.05, 4.69) is 0 Å². The Morgan fingerprint density at radius 2 is 2.00 bits per heavy atom. The van der Waals surface area contributed by atoms with Crippen molar-refractivity contribution in [1.29, 1.82) is 0 Å². The van der Waals surface area contributed by atoms with Crippen molar-refractivity contribution in [3.63, 3.8) is 0 Å². The van der Waals surface area contributed by atoms with Crippen LogP contribution < -0.4 is 0 Å². The van der Waals surface area contributed by atoms with E-state index >= 15 is 0 Å². The van der Waals surface area contributed by atoms with Gasteiger partial charge >= 0.3 is 0 Å². The Labute approximate surface area is 43.6 Å². The van der Waals surface area contributed by atoms with Crippen LogP contribution in [0.15, 0.2) is 0 Å². The lowest BCUT2D eigenvalue weighted by molar-refractivity contribution is 0.589. The summed E-state index contributed by atoms with van der Waals surface area (Å²) in [6.07, 6.45) is 0. The molecule has 0 aromatic carbocycles. The highest BCUT2D eigenvalue weighted by Crippen LogP contribution is 2.05. The first-order valence-electron chi connectivity index (χ1n) is 1.69. The Kier molecular flexibility index (Phi) is 2.40. The molecule has 0 aromatic rings. The van der Waals surface area contributed by atoms with Crippen LogP contribution in [0.3, 0.4) is 0 Å². The maximum atomic E-state index is 10.0. The first kappa shape index (κ1) is 7.05. The molecule has 0 heterocycles. The fourth-order valence-corrected chi connectivity index (χ4v) is 0.474. The summed E-state index contributed by atoms with van der Waals surface area (Å²) in [6.45, 7) is 1.44. The van der Waals surface area contributed by atoms with Crippen molar-refractivity contribution in [2.45, 2.75) is 6.92 Å². The molecule has 0 spiro atoms. The van der Waals surface area contributed by atoms with Crippen LogP contribution in [0.2, 0.25) is 0 Å². The van der Waals surface area contributed by atoms with Crippen molar-refractivity contribution in [2.24, 2.45) is 0 Å². The number of hydrogen-bond donors (Lipinski definition) is 0. The summed E-state index contributed by atoms with van der Waals surface area (Å²) in [5.74, 6) is -0.0575. The minimum absolute atomic E-state index is 0.0575. The third kappa shape index (κ3) is 2.71. The molecule has 0 aliphatic heterocycles. The molecule has 0 rings (SSSR count). The van der Waals surface area contributed by atoms with E-state index < -0.39 is 17.1 Å². The average molecular weight is 140 g/mol. The molecular weight excluding hydrogens is 135 g/mol. The van der Waals surface area contributed by atoms with Gasteiger partial charge in [0.15, 0.2) is 0 Å². The smallest absolute Gasteiger partial charge is 0.257 e. The van der Waals surface area contributed by atoms with E-state index in [1.807, 2.05) is 0 Å². The van der Waals surface area contributed by atoms with E-state index in [-0.39, 0.29) is 5.75 Å². The molecule has 0 atom stereocenters. The van der Waals surface area contributed by atoms with Gasteiger partial charge in [0.2, 0.25) is 9.46 Å². The van der Waals surface area contributed by atoms with Crippen molar-refractivity contribution < 1.29 is 13.0 Å². The number of hydrogen-bond acceptors (Lipinski definition) is 3. The Bertz CT molecular complexity index is 146. The Morgan fingerprint density at radius 1 is 1.57 bits per heavy atom. The van der Waals surface area contributed by atoms with Crippen molar-refractivity contribution in [3.05, 3.63) is 0 Å². The highest BCUT2D eigenvalue weighted by atomic mass is 32.7. The molecule has 0 saturated heterocycles. The highest BCUT2D eigenvalue weighted by molar-refractivity contribution is 8.39. The van der Waals surface area contributed by atoms with E-state index in [0.717, 1.165) is 0 Å². The molecule has 7 heavy (non-hydrogen) atoms. The fraction of sp³-hybridized carbons (Fsp3) is 1.00. The fourth-order valence-electron chi connectivity index (χ4n) is 0.0527. The van der Waals surface area contributed by atoms with E-state index in [9.17, 15) is 13.0 Å². The minimum atomic E-state index is -3.24. The Morgan fingerprint density at radius 3 is 2.00 bits per heavy atom. The molecule has 0 bridgehead atoms. The monoisotopic (exact) mass is 140 g/mol. The van der Waals surface area contributed by atoms with Gasteiger partial charge in [-0.3, -0.25) is 4.57 Å². The molecule has 5 heteroatoms. The van der Waals surface area contributed by atoms with E-state index in [1.54, 1.807) is 0 Å². The van der Waals surface area contributed by atoms with Crippen LogP contribution in [0, 0.1) is 0 Å². The minimum Gasteiger partial charge on any atom is -0.257 e. The first-order valence-corrected chi connectivity index (χ1v) is 4.76. The van der Waals surface area contributed by atoms with Crippen LogP contribution in [0.4, 0.5) is 0 Å². The quantitative estimate of drug-likeness (QED) is 0.528. The van der Waals surface area contributed by atoms with E-state index in [4.69, 9.17) is 0 Å². The maximum Gasteiger partial charge on any atom is 0.290 e. The lowest BCUT2D eigenvalue weighted by Crippen LogP contribution is -1.89. The van der Waals surface area contributed by atoms with Crippen LogP contribution in [-0.4, -0.2) is 14.2 Å². The summed E-state index contributed by atoms with van der Waals surface area (Å²) in [5.41, 5.74) is 0. The largest absolute Gasteiger partial charge is 0.290 e. The predicted molar refractivity (Wildman–Crippen MR) is 27.1 cm³/mol. The highest BCUT2D eigenvalue weighted by Gasteiger charge is 2.02. The summed E-state index contributed by atoms with van der Waals surface area (Å²) in [6, 6.07) is 0. The van der Waals surface area contributed by atoms with Gasteiger partial charge in [0.05, 0.1) is 5.75 Å². The maximum absolute atomic E-state index is 10.0. The van der Waals surface area contributed by atoms with Crippen molar-refractivity contribution in [3.8, 4) is 0 Å². The molecule has 0 amide bonds. The molecule has 42 valence electrons. The molecular formula is C2H5O3PS. The zero-order chi connectivity index (χ0) is 5.91. The van der Waals surface area contributed by atoms with Gasteiger partial charge in [-0.15, -0.1) is 0 Å². The normalized spacial score (nSPS) is 12.1. The van der Waals surface area contributed by atoms with Gasteiger partial charge < -0.3 is 0 Å². The van der Waals surface area contributed by atoms with Gasteiger partial charge in [0.25, 0.3) is 7.66 Å². The van der Waals surface area contributed by atoms with Gasteiger partial charge in [-0.25, -0.2) is 8.42 Å². The van der Waals surface area contributed by atoms with Gasteiger partial charge in [0, 0.05) is 0 Å². The molecule has 0 fully saturated rings. The SMILES string of the molecule is CCS(=O)(=O)P=O. The van der Waals surface area contributed by atoms with E-state index in [0.29, 0.717) is 0 Å². The summed E-state index contributed by atoms with van der Waals surface area (Å²) in [5, 5.41) is 0. The zero-order valence-corrected chi connectivity index (χ0v) is 5.50. The van der Waals surface area contributed by atoms with Crippen LogP contribution in [0.1, 0.15) is 6.92 Å². The summed E-state index contributed by atoms with van der Waals surface area (Å²) < 4.78 is 29.7. The van der Waals surface area contributed by atoms with Crippen LogP contribution >= 0.6 is 7.66 Å². The summed E-state index contributed by atoms with van der Waals surface area (Å²) in [7, 11) is -4.01. The lowest BCUT2D eigenvalue weighted by Gasteiger charge is -1.78. The second-order valence-electron chi connectivity index (χ2n) is 0.945. The summed E-state index contributed by atoms with van der Waals surface area (Å²) in [4.78, 5) is 0. The second-order valence-corrected chi connectivity index (χ2v) is 4.95. The van der Waals surface area contributed by atoms with Gasteiger partial charge in [-0.1, -0.05) is 6.92 Å². The molecule has 0 radical (unpaired) electrons. The predicted octanol–water partition coefficient (Wildman–Crippen LogP) is 0.628. The molecule has 0 saturated carbocycles. The topological polar surface area (TPSA) is 51.2 Å². The third-order valence-electron chi connectivity index (χ3n) is 0.478. The van der Waals surface area contributed by atoms with Crippen molar-refractivity contribution >= 4 is 17.1 Å². The second kappa shape index (κ2) is 2.38. The van der Waals surface area contributed by atoms with Crippen LogP contribution in [0.5, 0.6) is 0 Å². The molecule has 0 aliphatic carbocycles. The molecule has 0 aromatic heterocycles. The lowest BCUT2D eigenvalue weighted by atomic mass is 11.0. The standard InChI is InChI=1S/C2H5O3PS/c1-2-7(4,5)6-3/h2H2,1H3. The Hall–Kier alpha value is 0.0500.